The molecule has 3 N–H and O–H groups in total. The van der Waals surface area contributed by atoms with Gasteiger partial charge in [0.05, 0.1) is 0 Å². The fourth-order valence-corrected chi connectivity index (χ4v) is 0.311. The third kappa shape index (κ3) is 2.60. The third-order valence-electron chi connectivity index (χ3n) is 0.782. The molecule has 0 aliphatic rings. The van der Waals surface area contributed by atoms with Crippen molar-refractivity contribution in [3.05, 3.63) is 12.3 Å². The van der Waals surface area contributed by atoms with Crippen molar-refractivity contribution < 1.29 is 10.2 Å². The van der Waals surface area contributed by atoms with Gasteiger partial charge in [0.25, 0.3) is 0 Å². The standard InChI is InChI=1S/C5H11NO2/c1-4(7)5(8)3-6-2/h5-8H,1,3H2,2H3. The number of nitrogens with one attached hydrogen (secondary N) is 1. The van der Waals surface area contributed by atoms with Gasteiger partial charge in [-0.05, 0) is 7.05 Å². The highest BCUT2D eigenvalue weighted by Gasteiger charge is 2.02. The van der Waals surface area contributed by atoms with Crippen molar-refractivity contribution in [2.75, 3.05) is 13.6 Å². The molecule has 0 radical (unpaired) electrons. The molecule has 0 amide bonds. The van der Waals surface area contributed by atoms with E-state index in [1.807, 2.05) is 0 Å². The summed E-state index contributed by atoms with van der Waals surface area (Å²) >= 11 is 0. The lowest BCUT2D eigenvalue weighted by molar-refractivity contribution is 0.154. The predicted octanol–water partition coefficient (Wildman–Crippen LogP) is -0.362. The minimum Gasteiger partial charge on any atom is -0.510 e. The monoisotopic (exact) mass is 117 g/mol. The van der Waals surface area contributed by atoms with Crippen LogP contribution in [0.2, 0.25) is 0 Å². The van der Waals surface area contributed by atoms with Crippen LogP contribution in [-0.2, 0) is 0 Å². The first-order valence-electron chi connectivity index (χ1n) is 2.39. The molecule has 0 bridgehead atoms. The molecule has 1 unspecified atom stereocenters. The summed E-state index contributed by atoms with van der Waals surface area (Å²) in [6.07, 6.45) is -0.833. The number of aliphatic hydroxyl groups excluding tert-OH is 2. The number of aliphatic hydroxyl groups is 2. The van der Waals surface area contributed by atoms with Gasteiger partial charge >= 0.3 is 0 Å². The Labute approximate surface area is 48.6 Å². The Hall–Kier alpha value is -0.540. The summed E-state index contributed by atoms with van der Waals surface area (Å²) in [6, 6.07) is 0. The molecule has 8 heavy (non-hydrogen) atoms. The summed E-state index contributed by atoms with van der Waals surface area (Å²) in [4.78, 5) is 0. The van der Waals surface area contributed by atoms with Gasteiger partial charge in [-0.15, -0.1) is 0 Å². The smallest absolute Gasteiger partial charge is 0.122 e. The molecule has 0 saturated carbocycles. The lowest BCUT2D eigenvalue weighted by Crippen LogP contribution is -2.24. The summed E-state index contributed by atoms with van der Waals surface area (Å²) in [6.45, 7) is 3.48. The summed E-state index contributed by atoms with van der Waals surface area (Å²) in [5, 5.41) is 19.9. The zero-order chi connectivity index (χ0) is 6.57. The Morgan fingerprint density at radius 2 is 2.38 bits per heavy atom. The Morgan fingerprint density at radius 3 is 2.50 bits per heavy atom. The van der Waals surface area contributed by atoms with Crippen LogP contribution in [0.1, 0.15) is 0 Å². The van der Waals surface area contributed by atoms with E-state index in [9.17, 15) is 0 Å². The molecule has 0 rings (SSSR count). The van der Waals surface area contributed by atoms with Gasteiger partial charge in [-0.3, -0.25) is 0 Å². The number of hydrogen-bond acceptors (Lipinski definition) is 3. The largest absolute Gasteiger partial charge is 0.510 e. The Bertz CT molecular complexity index is 82.5. The van der Waals surface area contributed by atoms with E-state index in [-0.39, 0.29) is 5.76 Å². The third-order valence-corrected chi connectivity index (χ3v) is 0.782. The normalized spacial score (nSPS) is 13.2. The second kappa shape index (κ2) is 3.46. The topological polar surface area (TPSA) is 52.5 Å². The maximum absolute atomic E-state index is 8.71. The second-order valence-corrected chi connectivity index (χ2v) is 1.56. The van der Waals surface area contributed by atoms with Gasteiger partial charge in [0.15, 0.2) is 0 Å². The SMILES string of the molecule is C=C(O)C(O)CNC. The minimum atomic E-state index is -0.833. The van der Waals surface area contributed by atoms with Gasteiger partial charge in [0.2, 0.25) is 0 Å². The molecule has 0 saturated heterocycles. The van der Waals surface area contributed by atoms with Crippen molar-refractivity contribution in [1.29, 1.82) is 0 Å². The van der Waals surface area contributed by atoms with E-state index in [4.69, 9.17) is 10.2 Å². The van der Waals surface area contributed by atoms with E-state index < -0.39 is 6.10 Å². The fourth-order valence-electron chi connectivity index (χ4n) is 0.311. The molecule has 0 aromatic heterocycles. The molecule has 0 heterocycles. The van der Waals surface area contributed by atoms with E-state index >= 15 is 0 Å². The van der Waals surface area contributed by atoms with Crippen molar-refractivity contribution in [2.45, 2.75) is 6.10 Å². The van der Waals surface area contributed by atoms with E-state index in [1.165, 1.54) is 0 Å². The Morgan fingerprint density at radius 1 is 1.88 bits per heavy atom. The Kier molecular flexibility index (Phi) is 3.23. The summed E-state index contributed by atoms with van der Waals surface area (Å²) in [5.41, 5.74) is 0. The van der Waals surface area contributed by atoms with Crippen LogP contribution in [0.15, 0.2) is 12.3 Å². The minimum absolute atomic E-state index is 0.195. The van der Waals surface area contributed by atoms with Gasteiger partial charge in [-0.25, -0.2) is 0 Å². The van der Waals surface area contributed by atoms with Crippen molar-refractivity contribution in [2.24, 2.45) is 0 Å². The van der Waals surface area contributed by atoms with Crippen molar-refractivity contribution >= 4 is 0 Å². The maximum Gasteiger partial charge on any atom is 0.122 e. The zero-order valence-corrected chi connectivity index (χ0v) is 4.89. The first kappa shape index (κ1) is 7.46. The van der Waals surface area contributed by atoms with Crippen molar-refractivity contribution in [3.63, 3.8) is 0 Å². The highest BCUT2D eigenvalue weighted by atomic mass is 16.3. The van der Waals surface area contributed by atoms with Crippen LogP contribution in [0, 0.1) is 0 Å². The molecule has 0 aromatic carbocycles. The fraction of sp³-hybridized carbons (Fsp3) is 0.600. The molecule has 3 nitrogen and oxygen atoms in total. The lowest BCUT2D eigenvalue weighted by atomic mass is 10.3. The van der Waals surface area contributed by atoms with Crippen LogP contribution in [0.5, 0.6) is 0 Å². The maximum atomic E-state index is 8.71. The summed E-state index contributed by atoms with van der Waals surface area (Å²) < 4.78 is 0. The molecular formula is C5H11NO2. The van der Waals surface area contributed by atoms with Crippen LogP contribution < -0.4 is 5.32 Å². The molecule has 0 spiro atoms. The molecule has 0 fully saturated rings. The predicted molar refractivity (Wildman–Crippen MR) is 31.7 cm³/mol. The Balaban J connectivity index is 3.32. The summed E-state index contributed by atoms with van der Waals surface area (Å²) in [7, 11) is 1.69. The lowest BCUT2D eigenvalue weighted by Gasteiger charge is -2.05. The van der Waals surface area contributed by atoms with Gasteiger partial charge in [-0.2, -0.15) is 0 Å². The van der Waals surface area contributed by atoms with Crippen molar-refractivity contribution in [1.82, 2.24) is 5.32 Å². The molecule has 0 aromatic rings. The van der Waals surface area contributed by atoms with Gasteiger partial charge in [0.1, 0.15) is 11.9 Å². The van der Waals surface area contributed by atoms with E-state index in [0.29, 0.717) is 6.54 Å². The zero-order valence-electron chi connectivity index (χ0n) is 4.89. The molecule has 0 aliphatic heterocycles. The first-order valence-corrected chi connectivity index (χ1v) is 2.39. The van der Waals surface area contributed by atoms with Gasteiger partial charge < -0.3 is 15.5 Å². The molecule has 3 heteroatoms. The molecule has 48 valence electrons. The molecule has 0 aliphatic carbocycles. The first-order chi connectivity index (χ1) is 3.68. The van der Waals surface area contributed by atoms with E-state index in [0.717, 1.165) is 0 Å². The van der Waals surface area contributed by atoms with Crippen LogP contribution in [0.3, 0.4) is 0 Å². The number of hydrogen-bond donors (Lipinski definition) is 3. The molecule has 1 atom stereocenters. The average Bonchev–Trinajstić information content (AvgIpc) is 1.67. The van der Waals surface area contributed by atoms with Crippen LogP contribution in [0.25, 0.3) is 0 Å². The van der Waals surface area contributed by atoms with E-state index in [2.05, 4.69) is 11.9 Å². The quantitative estimate of drug-likeness (QED) is 0.442. The van der Waals surface area contributed by atoms with Gasteiger partial charge in [-0.1, -0.05) is 6.58 Å². The van der Waals surface area contributed by atoms with Crippen LogP contribution >= 0.6 is 0 Å². The highest BCUT2D eigenvalue weighted by molar-refractivity contribution is 4.89. The highest BCUT2D eigenvalue weighted by Crippen LogP contribution is 1.89. The van der Waals surface area contributed by atoms with Crippen molar-refractivity contribution in [3.8, 4) is 0 Å². The van der Waals surface area contributed by atoms with Crippen LogP contribution in [-0.4, -0.2) is 29.9 Å². The average molecular weight is 117 g/mol. The van der Waals surface area contributed by atoms with Gasteiger partial charge in [0, 0.05) is 6.54 Å². The number of likely N-dealkylation sites (N-methyl/N-ethyl adjacent to an activating group) is 1. The summed E-state index contributed by atoms with van der Waals surface area (Å²) in [5.74, 6) is -0.195. The van der Waals surface area contributed by atoms with Crippen LogP contribution in [0.4, 0.5) is 0 Å². The van der Waals surface area contributed by atoms with E-state index in [1.54, 1.807) is 7.05 Å². The second-order valence-electron chi connectivity index (χ2n) is 1.56. The number of rotatable bonds is 3. The molecular weight excluding hydrogens is 106 g/mol.